The first-order chi connectivity index (χ1) is 7.56. The van der Waals surface area contributed by atoms with Crippen molar-refractivity contribution in [3.63, 3.8) is 0 Å². The lowest BCUT2D eigenvalue weighted by Gasteiger charge is -2.01. The van der Waals surface area contributed by atoms with Gasteiger partial charge in [-0.15, -0.1) is 0 Å². The maximum Gasteiger partial charge on any atom is 0.280 e. The van der Waals surface area contributed by atoms with Crippen molar-refractivity contribution in [2.45, 2.75) is 6.92 Å². The van der Waals surface area contributed by atoms with Crippen molar-refractivity contribution in [1.29, 1.82) is 0 Å². The Bertz CT molecular complexity index is 510. The van der Waals surface area contributed by atoms with Crippen LogP contribution in [0, 0.1) is 12.7 Å². The van der Waals surface area contributed by atoms with Crippen LogP contribution in [0.2, 0.25) is 10.2 Å². The first kappa shape index (κ1) is 11.6. The van der Waals surface area contributed by atoms with E-state index in [1.54, 1.807) is 0 Å². The van der Waals surface area contributed by atoms with E-state index in [0.29, 0.717) is 16.1 Å². The molecule has 2 rings (SSSR count). The van der Waals surface area contributed by atoms with Crippen LogP contribution in [0.1, 0.15) is 4.88 Å². The molecule has 0 fully saturated rings. The predicted octanol–water partition coefficient (Wildman–Crippen LogP) is 4.69. The third-order valence-corrected chi connectivity index (χ3v) is 3.44. The Morgan fingerprint density at radius 3 is 2.69 bits per heavy atom. The molecule has 0 aliphatic rings. The SMILES string of the molecule is Cc1sc(Oc2ccc(F)c(Cl)c2)nc1Cl. The fraction of sp³-hybridized carbons (Fsp3) is 0.100. The number of hydrogen-bond donors (Lipinski definition) is 0. The highest BCUT2D eigenvalue weighted by atomic mass is 35.5. The molecule has 0 atom stereocenters. The summed E-state index contributed by atoms with van der Waals surface area (Å²) in [5.74, 6) is -0.0563. The van der Waals surface area contributed by atoms with Crippen LogP contribution in [0.5, 0.6) is 10.9 Å². The topological polar surface area (TPSA) is 22.1 Å². The molecule has 6 heteroatoms. The molecular weight excluding hydrogens is 272 g/mol. The standard InChI is InChI=1S/C10H6Cl2FNOS/c1-5-9(12)14-10(16-5)15-6-2-3-8(13)7(11)4-6/h2-4H,1H3. The van der Waals surface area contributed by atoms with Crippen LogP contribution >= 0.6 is 34.5 Å². The third-order valence-electron chi connectivity index (χ3n) is 1.82. The van der Waals surface area contributed by atoms with Crippen LogP contribution in [-0.2, 0) is 0 Å². The van der Waals surface area contributed by atoms with Crippen molar-refractivity contribution < 1.29 is 9.13 Å². The van der Waals surface area contributed by atoms with Crippen molar-refractivity contribution in [2.24, 2.45) is 0 Å². The summed E-state index contributed by atoms with van der Waals surface area (Å²) < 4.78 is 18.3. The average molecular weight is 278 g/mol. The van der Waals surface area contributed by atoms with Crippen LogP contribution < -0.4 is 4.74 Å². The first-order valence-corrected chi connectivity index (χ1v) is 5.89. The van der Waals surface area contributed by atoms with E-state index in [4.69, 9.17) is 27.9 Å². The largest absolute Gasteiger partial charge is 0.431 e. The van der Waals surface area contributed by atoms with Crippen molar-refractivity contribution in [2.75, 3.05) is 0 Å². The van der Waals surface area contributed by atoms with E-state index in [0.717, 1.165) is 4.88 Å². The van der Waals surface area contributed by atoms with Crippen molar-refractivity contribution in [3.05, 3.63) is 39.1 Å². The molecule has 0 aliphatic carbocycles. The molecule has 0 bridgehead atoms. The second kappa shape index (κ2) is 4.57. The molecule has 0 saturated carbocycles. The Hall–Kier alpha value is -0.840. The van der Waals surface area contributed by atoms with Crippen LogP contribution in [0.4, 0.5) is 4.39 Å². The van der Waals surface area contributed by atoms with Gasteiger partial charge in [0.25, 0.3) is 5.19 Å². The number of aromatic nitrogens is 1. The highest BCUT2D eigenvalue weighted by Crippen LogP contribution is 2.32. The molecule has 2 aromatic rings. The van der Waals surface area contributed by atoms with E-state index in [9.17, 15) is 4.39 Å². The number of nitrogens with zero attached hydrogens (tertiary/aromatic N) is 1. The number of aryl methyl sites for hydroxylation is 1. The minimum absolute atomic E-state index is 0.0110. The lowest BCUT2D eigenvalue weighted by Crippen LogP contribution is -1.84. The quantitative estimate of drug-likeness (QED) is 0.795. The number of ether oxygens (including phenoxy) is 1. The van der Waals surface area contributed by atoms with Gasteiger partial charge >= 0.3 is 0 Å². The number of halogens is 3. The monoisotopic (exact) mass is 277 g/mol. The second-order valence-corrected chi connectivity index (χ2v) is 4.94. The maximum atomic E-state index is 12.9. The molecule has 1 heterocycles. The van der Waals surface area contributed by atoms with Gasteiger partial charge in [-0.05, 0) is 19.1 Å². The second-order valence-electron chi connectivity index (χ2n) is 3.00. The van der Waals surface area contributed by atoms with Crippen LogP contribution in [0.15, 0.2) is 18.2 Å². The molecule has 16 heavy (non-hydrogen) atoms. The third kappa shape index (κ3) is 2.45. The number of thiazole rings is 1. The lowest BCUT2D eigenvalue weighted by atomic mass is 10.3. The zero-order valence-electron chi connectivity index (χ0n) is 8.13. The molecule has 0 amide bonds. The van der Waals surface area contributed by atoms with Crippen LogP contribution in [-0.4, -0.2) is 4.98 Å². The molecule has 0 radical (unpaired) electrons. The van der Waals surface area contributed by atoms with Gasteiger partial charge in [-0.1, -0.05) is 34.5 Å². The van der Waals surface area contributed by atoms with Crippen LogP contribution in [0.25, 0.3) is 0 Å². The van der Waals surface area contributed by atoms with E-state index < -0.39 is 5.82 Å². The number of rotatable bonds is 2. The Labute approximate surface area is 106 Å². The van der Waals surface area contributed by atoms with E-state index >= 15 is 0 Å². The molecule has 0 unspecified atom stereocenters. The Balaban J connectivity index is 2.23. The molecular formula is C10H6Cl2FNOS. The van der Waals surface area contributed by atoms with Gasteiger partial charge in [0.05, 0.1) is 5.02 Å². The Morgan fingerprint density at radius 1 is 1.38 bits per heavy atom. The summed E-state index contributed by atoms with van der Waals surface area (Å²) in [6, 6.07) is 4.10. The molecule has 2 nitrogen and oxygen atoms in total. The van der Waals surface area contributed by atoms with Crippen molar-refractivity contribution in [3.8, 4) is 10.9 Å². The van der Waals surface area contributed by atoms with Crippen molar-refractivity contribution >= 4 is 34.5 Å². The first-order valence-electron chi connectivity index (χ1n) is 4.32. The molecule has 1 aromatic heterocycles. The summed E-state index contributed by atoms with van der Waals surface area (Å²) in [5, 5.41) is 0.829. The van der Waals surface area contributed by atoms with E-state index in [1.165, 1.54) is 29.5 Å². The van der Waals surface area contributed by atoms with Gasteiger partial charge in [0.2, 0.25) is 0 Å². The summed E-state index contributed by atoms with van der Waals surface area (Å²) >= 11 is 12.7. The van der Waals surface area contributed by atoms with Gasteiger partial charge in [-0.2, -0.15) is 4.98 Å². The normalized spacial score (nSPS) is 10.5. The smallest absolute Gasteiger partial charge is 0.280 e. The minimum Gasteiger partial charge on any atom is -0.431 e. The van der Waals surface area contributed by atoms with Gasteiger partial charge in [-0.3, -0.25) is 0 Å². The minimum atomic E-state index is -0.484. The lowest BCUT2D eigenvalue weighted by molar-refractivity contribution is 0.477. The van der Waals surface area contributed by atoms with E-state index in [-0.39, 0.29) is 5.02 Å². The fourth-order valence-corrected chi connectivity index (χ4v) is 2.12. The van der Waals surface area contributed by atoms with Crippen LogP contribution in [0.3, 0.4) is 0 Å². The van der Waals surface area contributed by atoms with E-state index in [2.05, 4.69) is 4.98 Å². The molecule has 0 N–H and O–H groups in total. The zero-order chi connectivity index (χ0) is 11.7. The van der Waals surface area contributed by atoms with Gasteiger partial charge in [0, 0.05) is 10.9 Å². The van der Waals surface area contributed by atoms with Crippen molar-refractivity contribution in [1.82, 2.24) is 4.98 Å². The molecule has 84 valence electrons. The summed E-state index contributed by atoms with van der Waals surface area (Å²) in [7, 11) is 0. The Morgan fingerprint density at radius 2 is 2.12 bits per heavy atom. The predicted molar refractivity (Wildman–Crippen MR) is 63.3 cm³/mol. The molecule has 0 spiro atoms. The van der Waals surface area contributed by atoms with Gasteiger partial charge in [-0.25, -0.2) is 4.39 Å². The Kier molecular flexibility index (Phi) is 3.33. The summed E-state index contributed by atoms with van der Waals surface area (Å²) in [5.41, 5.74) is 0. The highest BCUT2D eigenvalue weighted by Gasteiger charge is 2.08. The maximum absolute atomic E-state index is 12.9. The zero-order valence-corrected chi connectivity index (χ0v) is 10.5. The summed E-state index contributed by atoms with van der Waals surface area (Å²) in [4.78, 5) is 4.85. The van der Waals surface area contributed by atoms with Gasteiger partial charge in [0.1, 0.15) is 16.7 Å². The fourth-order valence-electron chi connectivity index (χ4n) is 1.04. The average Bonchev–Trinajstić information content (AvgIpc) is 2.52. The number of benzene rings is 1. The number of hydrogen-bond acceptors (Lipinski definition) is 3. The summed E-state index contributed by atoms with van der Waals surface area (Å²) in [6.07, 6.45) is 0. The highest BCUT2D eigenvalue weighted by molar-refractivity contribution is 7.13. The molecule has 1 aromatic carbocycles. The van der Waals surface area contributed by atoms with Gasteiger partial charge < -0.3 is 4.74 Å². The van der Waals surface area contributed by atoms with Gasteiger partial charge in [0.15, 0.2) is 0 Å². The summed E-state index contributed by atoms with van der Waals surface area (Å²) in [6.45, 7) is 1.84. The molecule has 0 saturated heterocycles. The molecule has 0 aliphatic heterocycles. The van der Waals surface area contributed by atoms with E-state index in [1.807, 2.05) is 6.92 Å².